The summed E-state index contributed by atoms with van der Waals surface area (Å²) in [6.45, 7) is 3.86. The molecule has 1 aromatic carbocycles. The molecule has 1 amide bonds. The largest absolute Gasteiger partial charge is 0.289 e. The number of thiazole rings is 1. The molecule has 0 aliphatic heterocycles. The van der Waals surface area contributed by atoms with Crippen LogP contribution in [0, 0.1) is 0 Å². The Morgan fingerprint density at radius 2 is 1.81 bits per heavy atom. The highest BCUT2D eigenvalue weighted by molar-refractivity contribution is 7.89. The lowest BCUT2D eigenvalue weighted by molar-refractivity contribution is -0.116. The summed E-state index contributed by atoms with van der Waals surface area (Å²) in [6.07, 6.45) is 2.94. The quantitative estimate of drug-likeness (QED) is 0.520. The Morgan fingerprint density at radius 3 is 2.33 bits per heavy atom. The summed E-state index contributed by atoms with van der Waals surface area (Å²) in [5.41, 5.74) is 0.952. The number of nitrogens with zero attached hydrogens (tertiary/aromatic N) is 3. The van der Waals surface area contributed by atoms with Crippen molar-refractivity contribution in [1.82, 2.24) is 9.29 Å². The van der Waals surface area contributed by atoms with Gasteiger partial charge in [0.2, 0.25) is 15.9 Å². The molecule has 0 radical (unpaired) electrons. The number of hydrogen-bond donors (Lipinski definition) is 0. The Bertz CT molecular complexity index is 961. The van der Waals surface area contributed by atoms with Crippen LogP contribution in [0.2, 0.25) is 0 Å². The molecule has 27 heavy (non-hydrogen) atoms. The maximum Gasteiger partial charge on any atom is 0.242 e. The molecule has 0 N–H and O–H groups in total. The molecule has 1 heterocycles. The molecule has 0 bridgehead atoms. The van der Waals surface area contributed by atoms with E-state index in [0.717, 1.165) is 4.31 Å². The first-order valence-corrected chi connectivity index (χ1v) is 10.5. The minimum absolute atomic E-state index is 0.0915. The van der Waals surface area contributed by atoms with Gasteiger partial charge in [0.25, 0.3) is 0 Å². The van der Waals surface area contributed by atoms with Gasteiger partial charge in [-0.1, -0.05) is 0 Å². The van der Waals surface area contributed by atoms with Gasteiger partial charge in [-0.05, 0) is 43.3 Å². The highest BCUT2D eigenvalue weighted by Gasteiger charge is 2.17. The fraction of sp³-hybridized carbons (Fsp3) is 0.278. The van der Waals surface area contributed by atoms with Gasteiger partial charge in [-0.3, -0.25) is 14.5 Å². The summed E-state index contributed by atoms with van der Waals surface area (Å²) >= 11 is 1.33. The number of allylic oxidation sites excluding steroid dienone is 1. The van der Waals surface area contributed by atoms with Crippen molar-refractivity contribution < 1.29 is 18.0 Å². The average Bonchev–Trinajstić information content (AvgIpc) is 3.08. The number of ketones is 1. The van der Waals surface area contributed by atoms with Crippen LogP contribution >= 0.6 is 11.3 Å². The molecule has 1 aromatic heterocycles. The fourth-order valence-corrected chi connectivity index (χ4v) is 4.03. The number of aromatic nitrogens is 1. The van der Waals surface area contributed by atoms with Crippen LogP contribution in [0.1, 0.15) is 29.9 Å². The van der Waals surface area contributed by atoms with Gasteiger partial charge >= 0.3 is 0 Å². The molecule has 2 aromatic rings. The number of benzene rings is 1. The van der Waals surface area contributed by atoms with E-state index in [-0.39, 0.29) is 16.6 Å². The molecular weight excluding hydrogens is 386 g/mol. The summed E-state index contributed by atoms with van der Waals surface area (Å²) in [5.74, 6) is -0.358. The Kier molecular flexibility index (Phi) is 6.63. The van der Waals surface area contributed by atoms with Crippen LogP contribution in [-0.4, -0.2) is 50.0 Å². The molecule has 0 fully saturated rings. The van der Waals surface area contributed by atoms with Gasteiger partial charge in [0.1, 0.15) is 0 Å². The number of carbonyl (C=O) groups is 2. The van der Waals surface area contributed by atoms with Crippen molar-refractivity contribution >= 4 is 44.3 Å². The highest BCUT2D eigenvalue weighted by Crippen LogP contribution is 2.21. The molecule has 0 saturated heterocycles. The van der Waals surface area contributed by atoms with Gasteiger partial charge in [0.05, 0.1) is 10.6 Å². The normalized spacial score (nSPS) is 11.9. The Morgan fingerprint density at radius 1 is 1.19 bits per heavy atom. The molecule has 0 saturated carbocycles. The standard InChI is InChI=1S/C18H21N3O4S2/c1-5-21(13(2)22)18-19-15(12-26-18)8-11-17(23)14-6-9-16(10-7-14)27(24,25)20(3)4/h6-12H,5H2,1-4H3/b11-8+. The van der Waals surface area contributed by atoms with Crippen LogP contribution in [0.25, 0.3) is 6.08 Å². The zero-order chi connectivity index (χ0) is 20.2. The second kappa shape index (κ2) is 8.55. The minimum Gasteiger partial charge on any atom is -0.289 e. The van der Waals surface area contributed by atoms with Crippen molar-refractivity contribution in [2.24, 2.45) is 0 Å². The van der Waals surface area contributed by atoms with E-state index in [1.165, 1.54) is 62.7 Å². The summed E-state index contributed by atoms with van der Waals surface area (Å²) in [6, 6.07) is 5.76. The molecule has 0 atom stereocenters. The third kappa shape index (κ3) is 4.88. The zero-order valence-electron chi connectivity index (χ0n) is 15.5. The van der Waals surface area contributed by atoms with Crippen molar-refractivity contribution in [3.05, 3.63) is 47.0 Å². The van der Waals surface area contributed by atoms with Crippen LogP contribution in [0.5, 0.6) is 0 Å². The van der Waals surface area contributed by atoms with Crippen LogP contribution < -0.4 is 4.90 Å². The monoisotopic (exact) mass is 407 g/mol. The van der Waals surface area contributed by atoms with Crippen molar-refractivity contribution in [1.29, 1.82) is 0 Å². The Hall–Kier alpha value is -2.36. The van der Waals surface area contributed by atoms with E-state index >= 15 is 0 Å². The third-order valence-electron chi connectivity index (χ3n) is 3.76. The van der Waals surface area contributed by atoms with Gasteiger partial charge in [0, 0.05) is 38.5 Å². The molecular formula is C18H21N3O4S2. The SMILES string of the molecule is CCN(C(C)=O)c1nc(/C=C/C(=O)c2ccc(S(=O)(=O)N(C)C)cc2)cs1. The lowest BCUT2D eigenvalue weighted by atomic mass is 10.1. The van der Waals surface area contributed by atoms with Gasteiger partial charge in [-0.25, -0.2) is 17.7 Å². The summed E-state index contributed by atoms with van der Waals surface area (Å²) in [5, 5.41) is 2.34. The second-order valence-corrected chi connectivity index (χ2v) is 8.82. The van der Waals surface area contributed by atoms with E-state index < -0.39 is 10.0 Å². The number of anilines is 1. The maximum atomic E-state index is 12.3. The lowest BCUT2D eigenvalue weighted by Crippen LogP contribution is -2.27. The summed E-state index contributed by atoms with van der Waals surface area (Å²) in [7, 11) is -0.628. The van der Waals surface area contributed by atoms with Crippen molar-refractivity contribution in [2.75, 3.05) is 25.5 Å². The smallest absolute Gasteiger partial charge is 0.242 e. The molecule has 2 rings (SSSR count). The minimum atomic E-state index is -3.53. The van der Waals surface area contributed by atoms with Gasteiger partial charge in [-0.2, -0.15) is 0 Å². The average molecular weight is 408 g/mol. The maximum absolute atomic E-state index is 12.3. The molecule has 144 valence electrons. The predicted octanol–water partition coefficient (Wildman–Crippen LogP) is 2.66. The van der Waals surface area contributed by atoms with Crippen molar-refractivity contribution in [2.45, 2.75) is 18.7 Å². The third-order valence-corrected chi connectivity index (χ3v) is 6.47. The number of sulfonamides is 1. The number of amides is 1. The van der Waals surface area contributed by atoms with Crippen LogP contribution in [0.15, 0.2) is 40.6 Å². The molecule has 9 heteroatoms. The van der Waals surface area contributed by atoms with Crippen LogP contribution in [0.3, 0.4) is 0 Å². The number of hydrogen-bond acceptors (Lipinski definition) is 6. The molecule has 7 nitrogen and oxygen atoms in total. The first kappa shape index (κ1) is 20.9. The molecule has 0 unspecified atom stereocenters. The van der Waals surface area contributed by atoms with E-state index in [4.69, 9.17) is 0 Å². The van der Waals surface area contributed by atoms with Crippen LogP contribution in [0.4, 0.5) is 5.13 Å². The molecule has 0 aliphatic rings. The highest BCUT2D eigenvalue weighted by atomic mass is 32.2. The van der Waals surface area contributed by atoms with E-state index in [1.54, 1.807) is 16.4 Å². The van der Waals surface area contributed by atoms with Gasteiger partial charge in [-0.15, -0.1) is 11.3 Å². The first-order chi connectivity index (χ1) is 12.7. The van der Waals surface area contributed by atoms with E-state index in [0.29, 0.717) is 22.9 Å². The number of carbonyl (C=O) groups excluding carboxylic acids is 2. The topological polar surface area (TPSA) is 87.6 Å². The summed E-state index contributed by atoms with van der Waals surface area (Å²) in [4.78, 5) is 29.8. The van der Waals surface area contributed by atoms with Gasteiger partial charge in [0.15, 0.2) is 10.9 Å². The lowest BCUT2D eigenvalue weighted by Gasteiger charge is -2.14. The second-order valence-electron chi connectivity index (χ2n) is 5.83. The zero-order valence-corrected chi connectivity index (χ0v) is 17.2. The molecule has 0 aliphatic carbocycles. The summed E-state index contributed by atoms with van der Waals surface area (Å²) < 4.78 is 25.2. The van der Waals surface area contributed by atoms with E-state index in [2.05, 4.69) is 4.98 Å². The molecule has 0 spiro atoms. The Labute approximate surface area is 163 Å². The Balaban J connectivity index is 2.14. The van der Waals surface area contributed by atoms with Crippen molar-refractivity contribution in [3.63, 3.8) is 0 Å². The van der Waals surface area contributed by atoms with E-state index in [9.17, 15) is 18.0 Å². The van der Waals surface area contributed by atoms with E-state index in [1.807, 2.05) is 6.92 Å². The van der Waals surface area contributed by atoms with Gasteiger partial charge < -0.3 is 0 Å². The number of rotatable bonds is 7. The first-order valence-electron chi connectivity index (χ1n) is 8.15. The van der Waals surface area contributed by atoms with Crippen LogP contribution in [-0.2, 0) is 14.8 Å². The predicted molar refractivity (Wildman–Crippen MR) is 106 cm³/mol. The fourth-order valence-electron chi connectivity index (χ4n) is 2.23. The van der Waals surface area contributed by atoms with Crippen molar-refractivity contribution in [3.8, 4) is 0 Å².